The van der Waals surface area contributed by atoms with E-state index in [4.69, 9.17) is 4.74 Å². The Morgan fingerprint density at radius 1 is 1.06 bits per heavy atom. The largest absolute Gasteiger partial charge is 0.481 e. The van der Waals surface area contributed by atoms with Gasteiger partial charge in [0.15, 0.2) is 0 Å². The van der Waals surface area contributed by atoms with E-state index in [1.165, 1.54) is 0 Å². The van der Waals surface area contributed by atoms with Crippen molar-refractivity contribution >= 4 is 18.0 Å². The Morgan fingerprint density at radius 3 is 2.20 bits per heavy atom. The number of nitrogens with zero attached hydrogens (tertiary/aromatic N) is 1. The van der Waals surface area contributed by atoms with Crippen LogP contribution in [0.25, 0.3) is 11.1 Å². The minimum atomic E-state index is -0.878. The van der Waals surface area contributed by atoms with E-state index in [9.17, 15) is 19.5 Å². The third kappa shape index (κ3) is 5.04. The number of rotatable bonds is 8. The fourth-order valence-electron chi connectivity index (χ4n) is 5.60. The summed E-state index contributed by atoms with van der Waals surface area (Å²) in [6, 6.07) is 15.1. The zero-order valence-electron chi connectivity index (χ0n) is 20.6. The second-order valence-electron chi connectivity index (χ2n) is 9.89. The lowest BCUT2D eigenvalue weighted by Gasteiger charge is -2.30. The number of hydrogen-bond donors (Lipinski definition) is 2. The first-order valence-electron chi connectivity index (χ1n) is 12.5. The Kier molecular flexibility index (Phi) is 7.43. The number of carboxylic acid groups (broad SMARTS) is 1. The van der Waals surface area contributed by atoms with E-state index in [0.29, 0.717) is 25.8 Å². The lowest BCUT2D eigenvalue weighted by Crippen LogP contribution is -2.51. The summed E-state index contributed by atoms with van der Waals surface area (Å²) in [6.07, 6.45) is 0.808. The second-order valence-corrected chi connectivity index (χ2v) is 9.89. The van der Waals surface area contributed by atoms with Crippen LogP contribution >= 0.6 is 0 Å². The Hall–Kier alpha value is -3.35. The van der Waals surface area contributed by atoms with Crippen molar-refractivity contribution in [2.45, 2.75) is 58.0 Å². The van der Waals surface area contributed by atoms with Gasteiger partial charge in [0.05, 0.1) is 5.92 Å². The highest BCUT2D eigenvalue weighted by atomic mass is 16.5. The average molecular weight is 479 g/mol. The molecule has 0 aromatic heterocycles. The van der Waals surface area contributed by atoms with E-state index in [-0.39, 0.29) is 30.4 Å². The third-order valence-corrected chi connectivity index (χ3v) is 7.21. The molecule has 0 spiro atoms. The summed E-state index contributed by atoms with van der Waals surface area (Å²) in [5.74, 6) is -1.58. The number of carbonyl (C=O) groups is 3. The van der Waals surface area contributed by atoms with Gasteiger partial charge in [-0.2, -0.15) is 0 Å². The summed E-state index contributed by atoms with van der Waals surface area (Å²) < 4.78 is 5.66. The van der Waals surface area contributed by atoms with Gasteiger partial charge >= 0.3 is 12.1 Å². The molecular weight excluding hydrogens is 444 g/mol. The van der Waals surface area contributed by atoms with E-state index < -0.39 is 24.0 Å². The molecular formula is C28H34N2O5. The maximum atomic E-state index is 13.4. The Bertz CT molecular complexity index is 1050. The predicted molar refractivity (Wildman–Crippen MR) is 133 cm³/mol. The number of hydrogen-bond acceptors (Lipinski definition) is 4. The monoisotopic (exact) mass is 478 g/mol. The molecule has 4 rings (SSSR count). The molecule has 2 aromatic carbocycles. The number of amides is 2. The van der Waals surface area contributed by atoms with Crippen LogP contribution < -0.4 is 5.32 Å². The van der Waals surface area contributed by atoms with Gasteiger partial charge in [0, 0.05) is 18.5 Å². The number of nitrogens with one attached hydrogen (secondary N) is 1. The molecule has 1 fully saturated rings. The van der Waals surface area contributed by atoms with Gasteiger partial charge in [-0.05, 0) is 47.4 Å². The number of carbonyl (C=O) groups excluding carboxylic acids is 2. The van der Waals surface area contributed by atoms with E-state index >= 15 is 0 Å². The quantitative estimate of drug-likeness (QED) is 0.576. The van der Waals surface area contributed by atoms with E-state index in [2.05, 4.69) is 29.6 Å². The van der Waals surface area contributed by atoms with Crippen molar-refractivity contribution in [1.82, 2.24) is 10.2 Å². The minimum absolute atomic E-state index is 0.0632. The Labute approximate surface area is 206 Å². The van der Waals surface area contributed by atoms with Gasteiger partial charge in [-0.3, -0.25) is 9.59 Å². The molecule has 1 aliphatic heterocycles. The average Bonchev–Trinajstić information content (AvgIpc) is 3.41. The molecule has 0 saturated carbocycles. The van der Waals surface area contributed by atoms with Gasteiger partial charge in [-0.25, -0.2) is 4.79 Å². The van der Waals surface area contributed by atoms with Gasteiger partial charge in [-0.1, -0.05) is 69.3 Å². The highest BCUT2D eigenvalue weighted by Crippen LogP contribution is 2.44. The molecule has 2 N–H and O–H groups in total. The number of likely N-dealkylation sites (tertiary alicyclic amines) is 1. The zero-order valence-corrected chi connectivity index (χ0v) is 20.6. The van der Waals surface area contributed by atoms with Gasteiger partial charge < -0.3 is 20.1 Å². The van der Waals surface area contributed by atoms with E-state index in [0.717, 1.165) is 22.3 Å². The van der Waals surface area contributed by atoms with Crippen molar-refractivity contribution in [3.05, 3.63) is 59.7 Å². The maximum absolute atomic E-state index is 13.4. The van der Waals surface area contributed by atoms with Crippen LogP contribution in [-0.4, -0.2) is 53.2 Å². The number of aliphatic carboxylic acids is 1. The summed E-state index contributed by atoms with van der Waals surface area (Å²) >= 11 is 0. The zero-order chi connectivity index (χ0) is 25.1. The van der Waals surface area contributed by atoms with Crippen molar-refractivity contribution in [2.75, 3.05) is 13.2 Å². The molecule has 1 heterocycles. The highest BCUT2D eigenvalue weighted by molar-refractivity contribution is 5.87. The van der Waals surface area contributed by atoms with Crippen LogP contribution in [0.5, 0.6) is 0 Å². The summed E-state index contributed by atoms with van der Waals surface area (Å²) in [4.78, 5) is 39.5. The molecule has 2 aliphatic rings. The Morgan fingerprint density at radius 2 is 1.66 bits per heavy atom. The standard InChI is InChI=1S/C28H34N2O5/c1-4-25-22(27(32)33)13-14-30(25)26(31)24(15-17(2)3)29-28(34)35-16-23-20-11-7-5-9-18(20)19-10-6-8-12-21(19)23/h5-12,17,22-25H,4,13-16H2,1-3H3,(H,29,34)(H,32,33)/t22?,24-,25?/m0/s1. The molecule has 7 nitrogen and oxygen atoms in total. The maximum Gasteiger partial charge on any atom is 0.407 e. The Balaban J connectivity index is 1.44. The predicted octanol–water partition coefficient (Wildman–Crippen LogP) is 4.65. The minimum Gasteiger partial charge on any atom is -0.481 e. The van der Waals surface area contributed by atoms with Crippen molar-refractivity contribution in [1.29, 1.82) is 0 Å². The molecule has 2 unspecified atom stereocenters. The SMILES string of the molecule is CCC1C(C(=O)O)CCN1C(=O)[C@H](CC(C)C)NC(=O)OCC1c2ccccc2-c2ccccc21. The molecule has 2 amide bonds. The van der Waals surface area contributed by atoms with Crippen LogP contribution in [0.4, 0.5) is 4.79 Å². The van der Waals surface area contributed by atoms with Crippen LogP contribution in [0, 0.1) is 11.8 Å². The summed E-state index contributed by atoms with van der Waals surface area (Å²) in [5, 5.41) is 12.3. The van der Waals surface area contributed by atoms with Crippen molar-refractivity contribution in [3.63, 3.8) is 0 Å². The molecule has 3 atom stereocenters. The third-order valence-electron chi connectivity index (χ3n) is 7.21. The van der Waals surface area contributed by atoms with Crippen LogP contribution in [-0.2, 0) is 14.3 Å². The second kappa shape index (κ2) is 10.5. The molecule has 1 aliphatic carbocycles. The van der Waals surface area contributed by atoms with Crippen LogP contribution in [0.3, 0.4) is 0 Å². The number of fused-ring (bicyclic) bond motifs is 3. The molecule has 1 saturated heterocycles. The molecule has 186 valence electrons. The summed E-state index contributed by atoms with van der Waals surface area (Å²) in [5.41, 5.74) is 4.55. The van der Waals surface area contributed by atoms with E-state index in [1.54, 1.807) is 4.90 Å². The molecule has 0 radical (unpaired) electrons. The fraction of sp³-hybridized carbons (Fsp3) is 0.464. The van der Waals surface area contributed by atoms with Crippen molar-refractivity contribution in [3.8, 4) is 11.1 Å². The lowest BCUT2D eigenvalue weighted by molar-refractivity contribution is -0.143. The number of benzene rings is 2. The first-order valence-corrected chi connectivity index (χ1v) is 12.5. The molecule has 2 aromatic rings. The number of ether oxygens (including phenoxy) is 1. The van der Waals surface area contributed by atoms with Gasteiger partial charge in [0.1, 0.15) is 12.6 Å². The first kappa shape index (κ1) is 24.8. The smallest absolute Gasteiger partial charge is 0.407 e. The summed E-state index contributed by atoms with van der Waals surface area (Å²) in [6.45, 7) is 6.42. The van der Waals surface area contributed by atoms with Crippen LogP contribution in [0.15, 0.2) is 48.5 Å². The topological polar surface area (TPSA) is 95.9 Å². The normalized spacial score (nSPS) is 19.8. The van der Waals surface area contributed by atoms with Crippen molar-refractivity contribution < 1.29 is 24.2 Å². The molecule has 7 heteroatoms. The van der Waals surface area contributed by atoms with Gasteiger partial charge in [0.2, 0.25) is 5.91 Å². The van der Waals surface area contributed by atoms with Gasteiger partial charge in [0.25, 0.3) is 0 Å². The lowest BCUT2D eigenvalue weighted by atomic mass is 9.97. The summed E-state index contributed by atoms with van der Waals surface area (Å²) in [7, 11) is 0. The van der Waals surface area contributed by atoms with Gasteiger partial charge in [-0.15, -0.1) is 0 Å². The van der Waals surface area contributed by atoms with Crippen LogP contribution in [0.2, 0.25) is 0 Å². The number of alkyl carbamates (subject to hydrolysis) is 1. The number of carboxylic acids is 1. The molecule has 0 bridgehead atoms. The first-order chi connectivity index (χ1) is 16.8. The fourth-order valence-corrected chi connectivity index (χ4v) is 5.60. The molecule has 35 heavy (non-hydrogen) atoms. The van der Waals surface area contributed by atoms with Crippen molar-refractivity contribution in [2.24, 2.45) is 11.8 Å². The highest BCUT2D eigenvalue weighted by Gasteiger charge is 2.42. The van der Waals surface area contributed by atoms with Crippen LogP contribution in [0.1, 0.15) is 57.1 Å². The van der Waals surface area contributed by atoms with E-state index in [1.807, 2.05) is 45.0 Å².